The number of hydrogen-bond donors (Lipinski definition) is 1. The molecule has 0 heterocycles. The van der Waals surface area contributed by atoms with Gasteiger partial charge in [0, 0.05) is 37.5 Å². The molecular weight excluding hydrogens is 228 g/mol. The Hall–Kier alpha value is 0.270. The lowest BCUT2D eigenvalue weighted by atomic mass is 9.93. The standard InChI is InChI=1S/C14H30N2S/c1-13(2)16(11-9-15-10-12-17-3)14-7-5-4-6-8-14/h13-15H,4-12H2,1-3H3. The molecule has 0 bridgehead atoms. The van der Waals surface area contributed by atoms with Gasteiger partial charge in [-0.25, -0.2) is 0 Å². The molecule has 1 fully saturated rings. The zero-order valence-corrected chi connectivity index (χ0v) is 12.7. The fourth-order valence-electron chi connectivity index (χ4n) is 2.78. The van der Waals surface area contributed by atoms with Gasteiger partial charge in [-0.05, 0) is 32.9 Å². The Balaban J connectivity index is 2.22. The van der Waals surface area contributed by atoms with Crippen molar-refractivity contribution < 1.29 is 0 Å². The third-order valence-electron chi connectivity index (χ3n) is 3.74. The average Bonchev–Trinajstić information content (AvgIpc) is 2.34. The van der Waals surface area contributed by atoms with E-state index in [0.29, 0.717) is 6.04 Å². The van der Waals surface area contributed by atoms with Crippen LogP contribution in [0.2, 0.25) is 0 Å². The maximum absolute atomic E-state index is 3.55. The van der Waals surface area contributed by atoms with Gasteiger partial charge in [0.2, 0.25) is 0 Å². The van der Waals surface area contributed by atoms with Gasteiger partial charge in [0.1, 0.15) is 0 Å². The van der Waals surface area contributed by atoms with E-state index in [2.05, 4.69) is 30.3 Å². The van der Waals surface area contributed by atoms with Crippen molar-refractivity contribution in [3.05, 3.63) is 0 Å². The van der Waals surface area contributed by atoms with E-state index in [-0.39, 0.29) is 0 Å². The monoisotopic (exact) mass is 258 g/mol. The Bertz CT molecular complexity index is 179. The first kappa shape index (κ1) is 15.3. The van der Waals surface area contributed by atoms with E-state index in [0.717, 1.165) is 19.1 Å². The van der Waals surface area contributed by atoms with Gasteiger partial charge in [-0.15, -0.1) is 0 Å². The lowest BCUT2D eigenvalue weighted by molar-refractivity contribution is 0.122. The second-order valence-electron chi connectivity index (χ2n) is 5.37. The lowest BCUT2D eigenvalue weighted by Crippen LogP contribution is -2.45. The minimum Gasteiger partial charge on any atom is -0.315 e. The Morgan fingerprint density at radius 2 is 1.88 bits per heavy atom. The van der Waals surface area contributed by atoms with Crippen LogP contribution in [0.3, 0.4) is 0 Å². The second-order valence-corrected chi connectivity index (χ2v) is 6.35. The van der Waals surface area contributed by atoms with E-state index >= 15 is 0 Å². The summed E-state index contributed by atoms with van der Waals surface area (Å²) < 4.78 is 0. The van der Waals surface area contributed by atoms with Gasteiger partial charge in [0.15, 0.2) is 0 Å². The first-order chi connectivity index (χ1) is 8.25. The van der Waals surface area contributed by atoms with Gasteiger partial charge in [0.05, 0.1) is 0 Å². The highest BCUT2D eigenvalue weighted by molar-refractivity contribution is 7.98. The molecule has 0 aromatic heterocycles. The van der Waals surface area contributed by atoms with Crippen LogP contribution in [0.5, 0.6) is 0 Å². The van der Waals surface area contributed by atoms with E-state index in [4.69, 9.17) is 0 Å². The summed E-state index contributed by atoms with van der Waals surface area (Å²) in [5.41, 5.74) is 0. The molecule has 17 heavy (non-hydrogen) atoms. The summed E-state index contributed by atoms with van der Waals surface area (Å²) in [6.45, 7) is 8.21. The molecule has 0 aliphatic heterocycles. The average molecular weight is 258 g/mol. The Morgan fingerprint density at radius 1 is 1.18 bits per heavy atom. The van der Waals surface area contributed by atoms with Gasteiger partial charge in [-0.3, -0.25) is 4.90 Å². The highest BCUT2D eigenvalue weighted by Gasteiger charge is 2.22. The largest absolute Gasteiger partial charge is 0.315 e. The molecule has 0 aromatic rings. The molecule has 1 aliphatic rings. The van der Waals surface area contributed by atoms with Crippen LogP contribution in [0.25, 0.3) is 0 Å². The van der Waals surface area contributed by atoms with E-state index in [1.54, 1.807) is 0 Å². The second kappa shape index (κ2) is 9.23. The molecule has 0 atom stereocenters. The molecule has 1 N–H and O–H groups in total. The molecule has 1 aliphatic carbocycles. The number of hydrogen-bond acceptors (Lipinski definition) is 3. The smallest absolute Gasteiger partial charge is 0.0112 e. The summed E-state index contributed by atoms with van der Waals surface area (Å²) >= 11 is 1.92. The number of nitrogens with zero attached hydrogens (tertiary/aromatic N) is 1. The summed E-state index contributed by atoms with van der Waals surface area (Å²) in [4.78, 5) is 2.71. The van der Waals surface area contributed by atoms with Crippen LogP contribution in [0.4, 0.5) is 0 Å². The Labute approximate surface area is 112 Å². The van der Waals surface area contributed by atoms with Crippen LogP contribution in [0.15, 0.2) is 0 Å². The Morgan fingerprint density at radius 3 is 2.47 bits per heavy atom. The number of nitrogens with one attached hydrogen (secondary N) is 1. The first-order valence-corrected chi connectivity index (χ1v) is 8.60. The SMILES string of the molecule is CSCCNCCN(C(C)C)C1CCCCC1. The van der Waals surface area contributed by atoms with Crippen LogP contribution in [0, 0.1) is 0 Å². The zero-order valence-electron chi connectivity index (χ0n) is 11.9. The molecule has 0 amide bonds. The fourth-order valence-corrected chi connectivity index (χ4v) is 3.13. The lowest BCUT2D eigenvalue weighted by Gasteiger charge is -2.37. The molecule has 102 valence electrons. The predicted octanol–water partition coefficient (Wildman–Crippen LogP) is 2.98. The third-order valence-corrected chi connectivity index (χ3v) is 4.35. The molecule has 0 unspecified atom stereocenters. The minimum absolute atomic E-state index is 0.695. The van der Waals surface area contributed by atoms with Gasteiger partial charge in [-0.2, -0.15) is 11.8 Å². The molecular formula is C14H30N2S. The highest BCUT2D eigenvalue weighted by atomic mass is 32.2. The maximum Gasteiger partial charge on any atom is 0.0112 e. The van der Waals surface area contributed by atoms with Crippen molar-refractivity contribution in [3.63, 3.8) is 0 Å². The van der Waals surface area contributed by atoms with Crippen LogP contribution in [-0.2, 0) is 0 Å². The maximum atomic E-state index is 3.55. The summed E-state index contributed by atoms with van der Waals surface area (Å²) in [7, 11) is 0. The molecule has 1 rings (SSSR count). The first-order valence-electron chi connectivity index (χ1n) is 7.21. The fraction of sp³-hybridized carbons (Fsp3) is 1.00. The van der Waals surface area contributed by atoms with Crippen molar-refractivity contribution >= 4 is 11.8 Å². The van der Waals surface area contributed by atoms with Gasteiger partial charge >= 0.3 is 0 Å². The number of thioether (sulfide) groups is 1. The molecule has 1 saturated carbocycles. The van der Waals surface area contributed by atoms with Crippen LogP contribution in [0.1, 0.15) is 46.0 Å². The summed E-state index contributed by atoms with van der Waals surface area (Å²) in [5, 5.41) is 3.55. The van der Waals surface area contributed by atoms with Gasteiger partial charge in [-0.1, -0.05) is 19.3 Å². The number of rotatable bonds is 8. The quantitative estimate of drug-likeness (QED) is 0.674. The predicted molar refractivity (Wildman–Crippen MR) is 80.0 cm³/mol. The van der Waals surface area contributed by atoms with E-state index < -0.39 is 0 Å². The van der Waals surface area contributed by atoms with E-state index in [1.807, 2.05) is 11.8 Å². The summed E-state index contributed by atoms with van der Waals surface area (Å²) in [5.74, 6) is 1.23. The van der Waals surface area contributed by atoms with Crippen molar-refractivity contribution in [1.82, 2.24) is 10.2 Å². The highest BCUT2D eigenvalue weighted by Crippen LogP contribution is 2.23. The molecule has 0 spiro atoms. The van der Waals surface area contributed by atoms with Crippen LogP contribution < -0.4 is 5.32 Å². The van der Waals surface area contributed by atoms with Gasteiger partial charge < -0.3 is 5.32 Å². The zero-order chi connectivity index (χ0) is 12.5. The minimum atomic E-state index is 0.695. The van der Waals surface area contributed by atoms with Crippen molar-refractivity contribution in [2.45, 2.75) is 58.0 Å². The van der Waals surface area contributed by atoms with Crippen molar-refractivity contribution in [1.29, 1.82) is 0 Å². The summed E-state index contributed by atoms with van der Waals surface area (Å²) in [6, 6.07) is 1.55. The topological polar surface area (TPSA) is 15.3 Å². The van der Waals surface area contributed by atoms with Gasteiger partial charge in [0.25, 0.3) is 0 Å². The molecule has 0 radical (unpaired) electrons. The van der Waals surface area contributed by atoms with E-state index in [1.165, 1.54) is 44.4 Å². The molecule has 0 aromatic carbocycles. The van der Waals surface area contributed by atoms with Crippen LogP contribution in [-0.4, -0.2) is 48.6 Å². The molecule has 0 saturated heterocycles. The normalized spacial score (nSPS) is 18.2. The van der Waals surface area contributed by atoms with Crippen LogP contribution >= 0.6 is 11.8 Å². The molecule has 2 nitrogen and oxygen atoms in total. The Kier molecular flexibility index (Phi) is 8.33. The third kappa shape index (κ3) is 6.12. The summed E-state index contributed by atoms with van der Waals surface area (Å²) in [6.07, 6.45) is 9.34. The van der Waals surface area contributed by atoms with Crippen molar-refractivity contribution in [3.8, 4) is 0 Å². The van der Waals surface area contributed by atoms with Crippen molar-refractivity contribution in [2.24, 2.45) is 0 Å². The molecule has 3 heteroatoms. The van der Waals surface area contributed by atoms with E-state index in [9.17, 15) is 0 Å². The van der Waals surface area contributed by atoms with Crippen molar-refractivity contribution in [2.75, 3.05) is 31.6 Å².